The number of amides is 5. The van der Waals surface area contributed by atoms with Crippen LogP contribution in [0.4, 0.5) is 0 Å². The topological polar surface area (TPSA) is 188 Å². The number of carbonyl (C=O) groups excluding carboxylic acids is 5. The van der Waals surface area contributed by atoms with Gasteiger partial charge in [-0.25, -0.2) is 0 Å². The minimum atomic E-state index is -1.07. The molecule has 5 amide bonds. The smallest absolute Gasteiger partial charge is 0.246 e. The highest BCUT2D eigenvalue weighted by Gasteiger charge is 2.39. The number of phenolic OH excluding ortho intramolecular Hbond substituents is 1. The van der Waals surface area contributed by atoms with Crippen LogP contribution >= 0.6 is 0 Å². The number of hydrogen-bond donors (Lipinski definition) is 5. The highest BCUT2D eigenvalue weighted by molar-refractivity contribution is 5.96. The molecule has 12 heteroatoms. The van der Waals surface area contributed by atoms with Crippen LogP contribution in [0.15, 0.2) is 54.6 Å². The summed E-state index contributed by atoms with van der Waals surface area (Å²) in [5.74, 6) is -3.22. The van der Waals surface area contributed by atoms with Gasteiger partial charge in [0.15, 0.2) is 0 Å². The molecule has 12 nitrogen and oxygen atoms in total. The van der Waals surface area contributed by atoms with E-state index in [1.54, 1.807) is 26.0 Å². The summed E-state index contributed by atoms with van der Waals surface area (Å²) in [4.78, 5) is 69.9. The number of benzene rings is 2. The van der Waals surface area contributed by atoms with Gasteiger partial charge in [-0.3, -0.25) is 24.0 Å². The maximum atomic E-state index is 14.1. The Morgan fingerprint density at radius 2 is 1.19 bits per heavy atom. The molecule has 0 aliphatic rings. The molecule has 0 radical (unpaired) electrons. The van der Waals surface area contributed by atoms with Gasteiger partial charge in [0.2, 0.25) is 29.5 Å². The monoisotopic (exact) mass is 666 g/mol. The second kappa shape index (κ2) is 18.2. The third-order valence-electron chi connectivity index (χ3n) is 8.31. The predicted molar refractivity (Wildman–Crippen MR) is 185 cm³/mol. The summed E-state index contributed by atoms with van der Waals surface area (Å²) in [6.45, 7) is 11.0. The molecule has 0 heterocycles. The van der Waals surface area contributed by atoms with Crippen molar-refractivity contribution in [2.75, 3.05) is 14.1 Å². The average molecular weight is 667 g/mol. The second-order valence-electron chi connectivity index (χ2n) is 13.6. The van der Waals surface area contributed by atoms with Crippen molar-refractivity contribution in [3.63, 3.8) is 0 Å². The first-order valence-corrected chi connectivity index (χ1v) is 16.4. The van der Waals surface area contributed by atoms with Crippen LogP contribution < -0.4 is 22.1 Å². The number of carbonyl (C=O) groups is 5. The number of hydrogen-bond acceptors (Lipinski definition) is 7. The fourth-order valence-corrected chi connectivity index (χ4v) is 5.85. The van der Waals surface area contributed by atoms with Crippen molar-refractivity contribution in [3.05, 3.63) is 65.7 Å². The third kappa shape index (κ3) is 11.4. The van der Waals surface area contributed by atoms with E-state index in [4.69, 9.17) is 11.5 Å². The first-order chi connectivity index (χ1) is 22.4. The minimum absolute atomic E-state index is 0.0798. The van der Waals surface area contributed by atoms with Gasteiger partial charge < -0.3 is 37.0 Å². The van der Waals surface area contributed by atoms with Gasteiger partial charge in [0.05, 0.1) is 6.04 Å². The van der Waals surface area contributed by atoms with Crippen LogP contribution in [0.25, 0.3) is 0 Å². The van der Waals surface area contributed by atoms with E-state index >= 15 is 0 Å². The van der Waals surface area contributed by atoms with E-state index in [1.165, 1.54) is 36.0 Å². The van der Waals surface area contributed by atoms with Crippen molar-refractivity contribution < 1.29 is 29.1 Å². The number of rotatable bonds is 17. The summed E-state index contributed by atoms with van der Waals surface area (Å²) in [5, 5.41) is 15.1. The number of nitrogens with zero attached hydrogens (tertiary/aromatic N) is 2. The van der Waals surface area contributed by atoms with Crippen molar-refractivity contribution in [2.45, 2.75) is 91.0 Å². The van der Waals surface area contributed by atoms with E-state index in [9.17, 15) is 29.1 Å². The molecule has 0 aromatic heterocycles. The molecule has 0 fully saturated rings. The standard InChI is InChI=1S/C36H54N6O6/c1-21(2)18-28(32(38)44)39-33(45)29(20-24-12-10-9-11-13-24)40-34(46)30(22(3)4)41(7)36(48)31(23(5)6)42(8)35(47)27(37)19-25-14-16-26(43)17-15-25/h9-17,21-23,27-31,43H,18-20,37H2,1-8H3,(H2,38,44)(H,39,45)(H,40,46)/t27-,28-,29-,30-,31-/m0/s1. The number of phenols is 1. The van der Waals surface area contributed by atoms with Crippen LogP contribution in [0.5, 0.6) is 5.75 Å². The minimum Gasteiger partial charge on any atom is -0.508 e. The Balaban J connectivity index is 2.32. The van der Waals surface area contributed by atoms with Gasteiger partial charge >= 0.3 is 0 Å². The van der Waals surface area contributed by atoms with Crippen molar-refractivity contribution >= 4 is 29.5 Å². The Labute approximate surface area is 284 Å². The maximum absolute atomic E-state index is 14.1. The van der Waals surface area contributed by atoms with Crippen LogP contribution in [-0.4, -0.2) is 88.7 Å². The van der Waals surface area contributed by atoms with Crippen molar-refractivity contribution in [2.24, 2.45) is 29.2 Å². The Bertz CT molecular complexity index is 1380. The van der Waals surface area contributed by atoms with Crippen LogP contribution in [0.1, 0.15) is 59.1 Å². The summed E-state index contributed by atoms with van der Waals surface area (Å²) >= 11 is 0. The summed E-state index contributed by atoms with van der Waals surface area (Å²) < 4.78 is 0. The van der Waals surface area contributed by atoms with Gasteiger partial charge in [-0.2, -0.15) is 0 Å². The molecule has 0 aliphatic carbocycles. The number of primary amides is 1. The first kappa shape index (κ1) is 39.7. The molecular formula is C36H54N6O6. The molecule has 48 heavy (non-hydrogen) atoms. The van der Waals surface area contributed by atoms with Gasteiger partial charge in [-0.15, -0.1) is 0 Å². The fourth-order valence-electron chi connectivity index (χ4n) is 5.85. The Morgan fingerprint density at radius 1 is 0.688 bits per heavy atom. The lowest BCUT2D eigenvalue weighted by atomic mass is 9.95. The molecule has 7 N–H and O–H groups in total. The number of likely N-dealkylation sites (N-methyl/N-ethyl adjacent to an activating group) is 2. The van der Waals surface area contributed by atoms with E-state index in [-0.39, 0.29) is 36.3 Å². The maximum Gasteiger partial charge on any atom is 0.246 e. The molecule has 2 aromatic rings. The highest BCUT2D eigenvalue weighted by Crippen LogP contribution is 2.20. The van der Waals surface area contributed by atoms with E-state index in [2.05, 4.69) is 10.6 Å². The van der Waals surface area contributed by atoms with Gasteiger partial charge in [-0.05, 0) is 53.9 Å². The predicted octanol–water partition coefficient (Wildman–Crippen LogP) is 1.97. The molecule has 0 saturated carbocycles. The molecule has 264 valence electrons. The molecule has 5 atom stereocenters. The third-order valence-corrected chi connectivity index (χ3v) is 8.31. The molecule has 0 spiro atoms. The quantitative estimate of drug-likeness (QED) is 0.171. The van der Waals surface area contributed by atoms with E-state index in [0.717, 1.165) is 11.1 Å². The molecule has 0 aliphatic heterocycles. The van der Waals surface area contributed by atoms with Crippen molar-refractivity contribution in [1.29, 1.82) is 0 Å². The number of nitrogens with two attached hydrogens (primary N) is 2. The Morgan fingerprint density at radius 3 is 1.69 bits per heavy atom. The molecular weight excluding hydrogens is 612 g/mol. The van der Waals surface area contributed by atoms with E-state index in [1.807, 2.05) is 58.0 Å². The second-order valence-corrected chi connectivity index (χ2v) is 13.6. The Hall–Kier alpha value is -4.45. The van der Waals surface area contributed by atoms with E-state index in [0.29, 0.717) is 6.42 Å². The lowest BCUT2D eigenvalue weighted by Crippen LogP contribution is -2.61. The fraction of sp³-hybridized carbons (Fsp3) is 0.528. The highest BCUT2D eigenvalue weighted by atomic mass is 16.3. The van der Waals surface area contributed by atoms with Crippen molar-refractivity contribution in [1.82, 2.24) is 20.4 Å². The largest absolute Gasteiger partial charge is 0.508 e. The summed E-state index contributed by atoms with van der Waals surface area (Å²) in [6, 6.07) is 10.7. The summed E-state index contributed by atoms with van der Waals surface area (Å²) in [7, 11) is 3.03. The van der Waals surface area contributed by atoms with Gasteiger partial charge in [0, 0.05) is 20.5 Å². The molecule has 0 saturated heterocycles. The summed E-state index contributed by atoms with van der Waals surface area (Å²) in [6.07, 6.45) is 0.674. The normalized spacial score (nSPS) is 14.5. The number of nitrogens with one attached hydrogen (secondary N) is 2. The SMILES string of the molecule is CC(C)C[C@H](NC(=O)[C@H](Cc1ccccc1)NC(=O)[C@H](C(C)C)N(C)C(=O)[C@H](C(C)C)N(C)C(=O)[C@@H](N)Cc1ccc(O)cc1)C(N)=O. The van der Waals surface area contributed by atoms with E-state index < -0.39 is 59.7 Å². The molecule has 2 rings (SSSR count). The van der Waals surface area contributed by atoms with Gasteiger partial charge in [0.25, 0.3) is 0 Å². The molecule has 0 bridgehead atoms. The lowest BCUT2D eigenvalue weighted by Gasteiger charge is -2.38. The zero-order chi connectivity index (χ0) is 36.3. The average Bonchev–Trinajstić information content (AvgIpc) is 3.00. The van der Waals surface area contributed by atoms with Gasteiger partial charge in [-0.1, -0.05) is 84.0 Å². The number of aromatic hydroxyl groups is 1. The molecule has 0 unspecified atom stereocenters. The first-order valence-electron chi connectivity index (χ1n) is 16.4. The van der Waals surface area contributed by atoms with Gasteiger partial charge in [0.1, 0.15) is 29.9 Å². The van der Waals surface area contributed by atoms with Crippen LogP contribution in [0, 0.1) is 17.8 Å². The van der Waals surface area contributed by atoms with Crippen LogP contribution in [0.2, 0.25) is 0 Å². The van der Waals surface area contributed by atoms with Crippen molar-refractivity contribution in [3.8, 4) is 5.75 Å². The zero-order valence-electron chi connectivity index (χ0n) is 29.5. The van der Waals surface area contributed by atoms with Crippen LogP contribution in [0.3, 0.4) is 0 Å². The Kier molecular flexibility index (Phi) is 15.1. The summed E-state index contributed by atoms with van der Waals surface area (Å²) in [5.41, 5.74) is 13.4. The van der Waals surface area contributed by atoms with Crippen LogP contribution in [-0.2, 0) is 36.8 Å². The molecule has 2 aromatic carbocycles. The zero-order valence-corrected chi connectivity index (χ0v) is 29.5. The lowest BCUT2D eigenvalue weighted by molar-refractivity contribution is -0.151.